The van der Waals surface area contributed by atoms with Crippen LogP contribution in [0.5, 0.6) is 0 Å². The Bertz CT molecular complexity index is 538. The number of aryl methyl sites for hydroxylation is 2. The molecule has 2 aromatic heterocycles. The van der Waals surface area contributed by atoms with Crippen LogP contribution in [-0.4, -0.2) is 20.9 Å². The highest BCUT2D eigenvalue weighted by Crippen LogP contribution is 2.14. The first-order valence-electron chi connectivity index (χ1n) is 7.54. The monoisotopic (exact) mass is 274 g/mol. The second kappa shape index (κ2) is 6.75. The van der Waals surface area contributed by atoms with Crippen LogP contribution in [0, 0.1) is 0 Å². The lowest BCUT2D eigenvalue weighted by molar-refractivity contribution is 0.569. The lowest BCUT2D eigenvalue weighted by Crippen LogP contribution is -2.18. The number of hydrogen-bond acceptors (Lipinski definition) is 2. The fourth-order valence-corrected chi connectivity index (χ4v) is 2.37. The molecule has 0 spiro atoms. The predicted octanol–water partition coefficient (Wildman–Crippen LogP) is 2.89. The quantitative estimate of drug-likeness (QED) is 0.842. The van der Waals surface area contributed by atoms with Crippen molar-refractivity contribution in [2.45, 2.75) is 46.2 Å². The molecule has 2 heterocycles. The van der Waals surface area contributed by atoms with E-state index in [9.17, 15) is 0 Å². The highest BCUT2D eigenvalue weighted by atomic mass is 15.3. The minimum Gasteiger partial charge on any atom is -0.348 e. The minimum absolute atomic E-state index is 0.411. The summed E-state index contributed by atoms with van der Waals surface area (Å²) in [7, 11) is 2.02. The first kappa shape index (κ1) is 14.9. The van der Waals surface area contributed by atoms with Crippen molar-refractivity contribution in [1.29, 1.82) is 0 Å². The Hall–Kier alpha value is -1.55. The largest absolute Gasteiger partial charge is 0.348 e. The molecule has 0 saturated carbocycles. The van der Waals surface area contributed by atoms with Crippen molar-refractivity contribution in [2.24, 2.45) is 7.05 Å². The summed E-state index contributed by atoms with van der Waals surface area (Å²) in [5.41, 5.74) is 3.75. The zero-order chi connectivity index (χ0) is 14.5. The van der Waals surface area contributed by atoms with Crippen LogP contribution in [0.2, 0.25) is 0 Å². The van der Waals surface area contributed by atoms with E-state index >= 15 is 0 Å². The molecule has 0 aliphatic rings. The molecule has 0 saturated heterocycles. The lowest BCUT2D eigenvalue weighted by atomic mass is 10.2. The Morgan fingerprint density at radius 2 is 2.15 bits per heavy atom. The van der Waals surface area contributed by atoms with E-state index in [0.29, 0.717) is 6.04 Å². The molecule has 0 aliphatic heterocycles. The van der Waals surface area contributed by atoms with Gasteiger partial charge in [-0.15, -0.1) is 0 Å². The molecule has 0 amide bonds. The molecule has 0 aromatic carbocycles. The van der Waals surface area contributed by atoms with Crippen LogP contribution in [0.3, 0.4) is 0 Å². The van der Waals surface area contributed by atoms with E-state index < -0.39 is 0 Å². The van der Waals surface area contributed by atoms with Gasteiger partial charge in [0.05, 0.1) is 17.9 Å². The van der Waals surface area contributed by atoms with Gasteiger partial charge in [-0.2, -0.15) is 5.10 Å². The van der Waals surface area contributed by atoms with Crippen LogP contribution in [0.4, 0.5) is 0 Å². The van der Waals surface area contributed by atoms with Gasteiger partial charge in [0.2, 0.25) is 0 Å². The second-order valence-corrected chi connectivity index (χ2v) is 5.40. The van der Waals surface area contributed by atoms with Crippen molar-refractivity contribution in [3.05, 3.63) is 41.5 Å². The molecule has 2 aromatic rings. The Morgan fingerprint density at radius 1 is 1.35 bits per heavy atom. The van der Waals surface area contributed by atoms with Gasteiger partial charge in [-0.25, -0.2) is 0 Å². The standard InChI is InChI=1S/C16H26N4/c1-5-8-17-13(3)14-7-9-20(11-14)12-16-10-15(6-2)18-19(16)4/h7,9-11,13,17H,5-6,8,12H2,1-4H3. The summed E-state index contributed by atoms with van der Waals surface area (Å²) in [5.74, 6) is 0. The van der Waals surface area contributed by atoms with Crippen molar-refractivity contribution in [3.8, 4) is 0 Å². The maximum absolute atomic E-state index is 4.50. The fraction of sp³-hybridized carbons (Fsp3) is 0.562. The summed E-state index contributed by atoms with van der Waals surface area (Å²) in [6.45, 7) is 8.49. The molecular formula is C16H26N4. The third-order valence-electron chi connectivity index (χ3n) is 3.71. The molecular weight excluding hydrogens is 248 g/mol. The zero-order valence-electron chi connectivity index (χ0n) is 13.1. The molecule has 4 nitrogen and oxygen atoms in total. The van der Waals surface area contributed by atoms with Crippen molar-refractivity contribution >= 4 is 0 Å². The first-order chi connectivity index (χ1) is 9.63. The summed E-state index contributed by atoms with van der Waals surface area (Å²) in [6.07, 6.45) is 6.53. The van der Waals surface area contributed by atoms with Gasteiger partial charge >= 0.3 is 0 Å². The summed E-state index contributed by atoms with van der Waals surface area (Å²) in [5, 5.41) is 8.02. The van der Waals surface area contributed by atoms with Gasteiger partial charge in [-0.3, -0.25) is 4.68 Å². The number of aromatic nitrogens is 3. The number of rotatable bonds is 7. The average molecular weight is 274 g/mol. The molecule has 1 N–H and O–H groups in total. The van der Waals surface area contributed by atoms with Gasteiger partial charge in [-0.1, -0.05) is 13.8 Å². The average Bonchev–Trinajstić information content (AvgIpc) is 3.04. The smallest absolute Gasteiger partial charge is 0.0639 e. The molecule has 0 fully saturated rings. The highest BCUT2D eigenvalue weighted by Gasteiger charge is 2.08. The first-order valence-corrected chi connectivity index (χ1v) is 7.54. The molecule has 110 valence electrons. The topological polar surface area (TPSA) is 34.8 Å². The molecule has 1 atom stereocenters. The van der Waals surface area contributed by atoms with Crippen LogP contribution in [0.15, 0.2) is 24.5 Å². The van der Waals surface area contributed by atoms with Gasteiger partial charge in [0.15, 0.2) is 0 Å². The number of nitrogens with zero attached hydrogens (tertiary/aromatic N) is 3. The van der Waals surface area contributed by atoms with E-state index in [1.165, 1.54) is 17.7 Å². The summed E-state index contributed by atoms with van der Waals surface area (Å²) in [4.78, 5) is 0. The van der Waals surface area contributed by atoms with Crippen LogP contribution in [-0.2, 0) is 20.0 Å². The van der Waals surface area contributed by atoms with E-state index in [4.69, 9.17) is 0 Å². The third kappa shape index (κ3) is 3.51. The Kier molecular flexibility index (Phi) is 5.01. The van der Waals surface area contributed by atoms with Crippen LogP contribution < -0.4 is 5.32 Å². The van der Waals surface area contributed by atoms with E-state index in [1.54, 1.807) is 0 Å². The summed E-state index contributed by atoms with van der Waals surface area (Å²) < 4.78 is 4.22. The molecule has 0 bridgehead atoms. The Morgan fingerprint density at radius 3 is 2.80 bits per heavy atom. The molecule has 4 heteroatoms. The van der Waals surface area contributed by atoms with Crippen LogP contribution >= 0.6 is 0 Å². The third-order valence-corrected chi connectivity index (χ3v) is 3.71. The van der Waals surface area contributed by atoms with Crippen molar-refractivity contribution in [3.63, 3.8) is 0 Å². The highest BCUT2D eigenvalue weighted by molar-refractivity contribution is 5.17. The fourth-order valence-electron chi connectivity index (χ4n) is 2.37. The van der Waals surface area contributed by atoms with Gasteiger partial charge in [0.25, 0.3) is 0 Å². The van der Waals surface area contributed by atoms with Gasteiger partial charge in [0, 0.05) is 25.5 Å². The number of nitrogens with one attached hydrogen (secondary N) is 1. The van der Waals surface area contributed by atoms with Crippen LogP contribution in [0.25, 0.3) is 0 Å². The minimum atomic E-state index is 0.411. The zero-order valence-corrected chi connectivity index (χ0v) is 13.1. The van der Waals surface area contributed by atoms with Gasteiger partial charge in [0.1, 0.15) is 0 Å². The molecule has 2 rings (SSSR count). The Balaban J connectivity index is 2.03. The second-order valence-electron chi connectivity index (χ2n) is 5.40. The maximum Gasteiger partial charge on any atom is 0.0639 e. The summed E-state index contributed by atoms with van der Waals surface area (Å²) in [6, 6.07) is 4.80. The van der Waals surface area contributed by atoms with E-state index in [1.807, 2.05) is 11.7 Å². The lowest BCUT2D eigenvalue weighted by Gasteiger charge is -2.11. The van der Waals surface area contributed by atoms with Gasteiger partial charge < -0.3 is 9.88 Å². The summed E-state index contributed by atoms with van der Waals surface area (Å²) >= 11 is 0. The van der Waals surface area contributed by atoms with E-state index in [0.717, 1.165) is 25.2 Å². The molecule has 0 radical (unpaired) electrons. The SMILES string of the molecule is CCCNC(C)c1ccn(Cc2cc(CC)nn2C)c1. The van der Waals surface area contributed by atoms with E-state index in [-0.39, 0.29) is 0 Å². The molecule has 0 aliphatic carbocycles. The van der Waals surface area contributed by atoms with Crippen LogP contribution in [0.1, 0.15) is 50.2 Å². The van der Waals surface area contributed by atoms with Gasteiger partial charge in [-0.05, 0) is 44.0 Å². The predicted molar refractivity (Wildman–Crippen MR) is 82.8 cm³/mol. The number of hydrogen-bond donors (Lipinski definition) is 1. The van der Waals surface area contributed by atoms with E-state index in [2.05, 4.69) is 60.3 Å². The normalized spacial score (nSPS) is 12.8. The van der Waals surface area contributed by atoms with Crippen molar-refractivity contribution in [2.75, 3.05) is 6.54 Å². The molecule has 1 unspecified atom stereocenters. The molecule has 20 heavy (non-hydrogen) atoms. The maximum atomic E-state index is 4.50. The van der Waals surface area contributed by atoms with Crippen molar-refractivity contribution < 1.29 is 0 Å². The Labute approximate surface area is 121 Å². The van der Waals surface area contributed by atoms with Crippen molar-refractivity contribution in [1.82, 2.24) is 19.7 Å².